The van der Waals surface area contributed by atoms with E-state index >= 15 is 0 Å². The van der Waals surface area contributed by atoms with E-state index < -0.39 is 0 Å². The van der Waals surface area contributed by atoms with Crippen molar-refractivity contribution in [3.63, 3.8) is 0 Å². The Morgan fingerprint density at radius 2 is 1.50 bits per heavy atom. The molecule has 0 N–H and O–H groups in total. The van der Waals surface area contributed by atoms with E-state index in [4.69, 9.17) is 9.72 Å². The molecule has 0 unspecified atom stereocenters. The van der Waals surface area contributed by atoms with Gasteiger partial charge in [-0.15, -0.1) is 35.7 Å². The van der Waals surface area contributed by atoms with Crippen LogP contribution in [0.3, 0.4) is 0 Å². The topological polar surface area (TPSA) is 44.9 Å². The van der Waals surface area contributed by atoms with Crippen LogP contribution in [0.15, 0.2) is 109 Å². The average Bonchev–Trinajstić information content (AvgIpc) is 3.49. The van der Waals surface area contributed by atoms with Gasteiger partial charge in [-0.05, 0) is 60.3 Å². The first kappa shape index (κ1) is 25.8. The van der Waals surface area contributed by atoms with E-state index in [-0.39, 0.29) is 21.1 Å². The number of para-hydroxylation sites is 1. The van der Waals surface area contributed by atoms with Gasteiger partial charge in [0.2, 0.25) is 0 Å². The second-order valence-corrected chi connectivity index (χ2v) is 9.55. The molecule has 0 saturated heterocycles. The fourth-order valence-electron chi connectivity index (χ4n) is 5.13. The van der Waals surface area contributed by atoms with Crippen LogP contribution >= 0.6 is 0 Å². The van der Waals surface area contributed by atoms with E-state index in [9.17, 15) is 0 Å². The van der Waals surface area contributed by atoms with Crippen molar-refractivity contribution in [1.82, 2.24) is 19.3 Å². The van der Waals surface area contributed by atoms with Crippen LogP contribution in [0.25, 0.3) is 44.4 Å². The van der Waals surface area contributed by atoms with Crippen molar-refractivity contribution >= 4 is 21.8 Å². The Kier molecular flexibility index (Phi) is 6.83. The minimum Gasteiger partial charge on any atom is -0.509 e. The van der Waals surface area contributed by atoms with Gasteiger partial charge < -0.3 is 9.30 Å². The van der Waals surface area contributed by atoms with E-state index in [1.54, 1.807) is 0 Å². The molecule has 0 saturated carbocycles. The molecular weight excluding hydrogens is 675 g/mol. The Labute approximate surface area is 247 Å². The summed E-state index contributed by atoms with van der Waals surface area (Å²) >= 11 is 0. The molecule has 6 heteroatoms. The standard InChI is InChI=1S/C34H24N4O.Pt/c1-23-19-24(2)38(36-23)27-11-8-12-28(21-27)39-29-15-16-31-30-13-6-7-14-32(30)37(33(31)22-29)34-20-26(17-18-35-34)25-9-4-3-5-10-25;/h3-20H,1-2H3;/q-2;+2. The van der Waals surface area contributed by atoms with E-state index in [2.05, 4.69) is 70.3 Å². The maximum absolute atomic E-state index is 6.29. The number of fused-ring (bicyclic) bond motifs is 3. The fraction of sp³-hybridized carbons (Fsp3) is 0.0588. The van der Waals surface area contributed by atoms with E-state index in [0.29, 0.717) is 11.5 Å². The first-order valence-electron chi connectivity index (χ1n) is 12.9. The molecule has 7 rings (SSSR count). The van der Waals surface area contributed by atoms with Crippen molar-refractivity contribution in [2.24, 2.45) is 0 Å². The Morgan fingerprint density at radius 3 is 2.33 bits per heavy atom. The Hall–Kier alpha value is -4.47. The van der Waals surface area contributed by atoms with Crippen LogP contribution in [0.2, 0.25) is 0 Å². The molecule has 0 spiro atoms. The molecular formula is C34H24N4OPt. The molecule has 0 atom stereocenters. The largest absolute Gasteiger partial charge is 2.00 e. The first-order chi connectivity index (χ1) is 19.1. The number of pyridine rings is 1. The third-order valence-corrected chi connectivity index (χ3v) is 6.85. The fourth-order valence-corrected chi connectivity index (χ4v) is 5.13. The number of hydrogen-bond acceptors (Lipinski definition) is 3. The molecule has 5 nitrogen and oxygen atoms in total. The summed E-state index contributed by atoms with van der Waals surface area (Å²) in [6.45, 7) is 4.01. The average molecular weight is 700 g/mol. The number of rotatable bonds is 5. The van der Waals surface area contributed by atoms with Crippen LogP contribution in [-0.2, 0) is 21.1 Å². The van der Waals surface area contributed by atoms with Crippen molar-refractivity contribution in [1.29, 1.82) is 0 Å². The predicted octanol–water partition coefficient (Wildman–Crippen LogP) is 8.04. The molecule has 7 aromatic rings. The van der Waals surface area contributed by atoms with Gasteiger partial charge in [0.05, 0.1) is 5.69 Å². The summed E-state index contributed by atoms with van der Waals surface area (Å²) < 4.78 is 10.3. The normalized spacial score (nSPS) is 11.1. The number of nitrogens with zero attached hydrogens (tertiary/aromatic N) is 4. The molecule has 0 radical (unpaired) electrons. The van der Waals surface area contributed by atoms with Gasteiger partial charge in [0.25, 0.3) is 0 Å². The molecule has 0 fully saturated rings. The number of aromatic nitrogens is 4. The van der Waals surface area contributed by atoms with Crippen LogP contribution in [0, 0.1) is 26.0 Å². The zero-order valence-electron chi connectivity index (χ0n) is 21.9. The molecule has 0 aliphatic carbocycles. The Balaban J connectivity index is 0.00000289. The van der Waals surface area contributed by atoms with Crippen LogP contribution in [0.1, 0.15) is 11.4 Å². The van der Waals surface area contributed by atoms with Gasteiger partial charge >= 0.3 is 21.1 Å². The number of aryl methyl sites for hydroxylation is 2. The summed E-state index contributed by atoms with van der Waals surface area (Å²) in [6.07, 6.45) is 1.86. The van der Waals surface area contributed by atoms with Crippen molar-refractivity contribution in [2.45, 2.75) is 13.8 Å². The minimum absolute atomic E-state index is 0. The zero-order chi connectivity index (χ0) is 26.3. The maximum atomic E-state index is 6.29. The third kappa shape index (κ3) is 4.63. The molecule has 0 aliphatic rings. The van der Waals surface area contributed by atoms with E-state index in [1.807, 2.05) is 79.3 Å². The van der Waals surface area contributed by atoms with Crippen molar-refractivity contribution < 1.29 is 25.8 Å². The second kappa shape index (κ2) is 10.6. The molecule has 40 heavy (non-hydrogen) atoms. The van der Waals surface area contributed by atoms with Gasteiger partial charge in [0, 0.05) is 28.9 Å². The zero-order valence-corrected chi connectivity index (χ0v) is 24.2. The molecule has 0 aliphatic heterocycles. The molecule has 4 aromatic carbocycles. The van der Waals surface area contributed by atoms with Gasteiger partial charge in [-0.2, -0.15) is 17.2 Å². The molecule has 0 bridgehead atoms. The van der Waals surface area contributed by atoms with Crippen molar-refractivity contribution in [3.8, 4) is 34.1 Å². The van der Waals surface area contributed by atoms with Gasteiger partial charge in [0.1, 0.15) is 5.82 Å². The Morgan fingerprint density at radius 1 is 0.700 bits per heavy atom. The smallest absolute Gasteiger partial charge is 0.509 e. The number of benzene rings is 4. The van der Waals surface area contributed by atoms with Crippen LogP contribution < -0.4 is 4.74 Å². The summed E-state index contributed by atoms with van der Waals surface area (Å²) in [5.41, 5.74) is 7.06. The van der Waals surface area contributed by atoms with Gasteiger partial charge in [-0.3, -0.25) is 4.68 Å². The molecule has 3 aromatic heterocycles. The summed E-state index contributed by atoms with van der Waals surface area (Å²) in [6, 6.07) is 41.7. The summed E-state index contributed by atoms with van der Waals surface area (Å²) in [7, 11) is 0. The molecule has 196 valence electrons. The predicted molar refractivity (Wildman–Crippen MR) is 155 cm³/mol. The van der Waals surface area contributed by atoms with E-state index in [0.717, 1.165) is 55.8 Å². The van der Waals surface area contributed by atoms with Gasteiger partial charge in [-0.25, -0.2) is 4.98 Å². The number of hydrogen-bond donors (Lipinski definition) is 0. The summed E-state index contributed by atoms with van der Waals surface area (Å²) in [5.74, 6) is 2.03. The second-order valence-electron chi connectivity index (χ2n) is 9.55. The summed E-state index contributed by atoms with van der Waals surface area (Å²) in [5, 5.41) is 6.81. The minimum atomic E-state index is 0. The first-order valence-corrected chi connectivity index (χ1v) is 12.9. The quantitative estimate of drug-likeness (QED) is 0.171. The van der Waals surface area contributed by atoms with Crippen molar-refractivity contribution in [3.05, 3.63) is 133 Å². The molecule has 0 amide bonds. The maximum Gasteiger partial charge on any atom is 2.00 e. The third-order valence-electron chi connectivity index (χ3n) is 6.85. The summed E-state index contributed by atoms with van der Waals surface area (Å²) in [4.78, 5) is 4.76. The van der Waals surface area contributed by atoms with Gasteiger partial charge in [0.15, 0.2) is 0 Å². The van der Waals surface area contributed by atoms with Crippen LogP contribution in [-0.4, -0.2) is 19.3 Å². The number of ether oxygens (including phenoxy) is 1. The Bertz CT molecular complexity index is 1970. The van der Waals surface area contributed by atoms with Crippen LogP contribution in [0.4, 0.5) is 0 Å². The van der Waals surface area contributed by atoms with Gasteiger partial charge in [-0.1, -0.05) is 54.0 Å². The van der Waals surface area contributed by atoms with Crippen LogP contribution in [0.5, 0.6) is 11.5 Å². The SMILES string of the molecule is Cc1cc(C)n(-c2[c-]c(Oc3[c-]c4c(cc3)c3ccccc3n4-c3cc(-c4ccccc4)ccn3)ccc2)n1.[Pt+2]. The molecule has 3 heterocycles. The van der Waals surface area contributed by atoms with Crippen molar-refractivity contribution in [2.75, 3.05) is 0 Å². The monoisotopic (exact) mass is 699 g/mol. The van der Waals surface area contributed by atoms with E-state index in [1.165, 1.54) is 0 Å².